The molecule has 8 nitrogen and oxygen atoms in total. The van der Waals surface area contributed by atoms with E-state index in [4.69, 9.17) is 21.4 Å². The van der Waals surface area contributed by atoms with E-state index in [1.807, 2.05) is 13.0 Å². The van der Waals surface area contributed by atoms with Crippen LogP contribution in [0.2, 0.25) is 5.02 Å². The van der Waals surface area contributed by atoms with Gasteiger partial charge in [0.2, 0.25) is 10.0 Å². The van der Waals surface area contributed by atoms with Crippen molar-refractivity contribution in [1.82, 2.24) is 10.0 Å². The normalized spacial score (nSPS) is 12.2. The zero-order valence-corrected chi connectivity index (χ0v) is 18.6. The Balaban J connectivity index is 1.85. The highest BCUT2D eigenvalue weighted by Crippen LogP contribution is 2.15. The summed E-state index contributed by atoms with van der Waals surface area (Å²) in [5.74, 6) is -1.18. The van der Waals surface area contributed by atoms with Gasteiger partial charge in [-0.3, -0.25) is 4.79 Å². The summed E-state index contributed by atoms with van der Waals surface area (Å²) in [6.07, 6.45) is 1.37. The van der Waals surface area contributed by atoms with Gasteiger partial charge in [0.05, 0.1) is 4.90 Å². The van der Waals surface area contributed by atoms with Crippen LogP contribution in [0.15, 0.2) is 53.4 Å². The van der Waals surface area contributed by atoms with Crippen molar-refractivity contribution in [3.05, 3.63) is 59.1 Å². The second-order valence-electron chi connectivity index (χ2n) is 6.78. The van der Waals surface area contributed by atoms with E-state index in [1.54, 1.807) is 18.2 Å². The van der Waals surface area contributed by atoms with Gasteiger partial charge in [-0.15, -0.1) is 0 Å². The molecular weight excluding hydrogens is 444 g/mol. The van der Waals surface area contributed by atoms with Crippen LogP contribution in [0.25, 0.3) is 0 Å². The van der Waals surface area contributed by atoms with Crippen LogP contribution in [-0.2, 0) is 26.0 Å². The number of nitrogens with one attached hydrogen (secondary N) is 2. The Labute approximate surface area is 186 Å². The molecule has 1 amide bonds. The fraction of sp³-hybridized carbons (Fsp3) is 0.333. The average Bonchev–Trinajstić information content (AvgIpc) is 2.72. The maximum absolute atomic E-state index is 12.3. The van der Waals surface area contributed by atoms with Crippen LogP contribution in [-0.4, -0.2) is 44.6 Å². The molecule has 0 radical (unpaired) electrons. The lowest BCUT2D eigenvalue weighted by atomic mass is 10.1. The van der Waals surface area contributed by atoms with Crippen LogP contribution >= 0.6 is 11.6 Å². The number of carboxylic acids is 1. The van der Waals surface area contributed by atoms with Crippen LogP contribution in [0.1, 0.15) is 25.3 Å². The van der Waals surface area contributed by atoms with E-state index in [2.05, 4.69) is 10.0 Å². The van der Waals surface area contributed by atoms with Crippen molar-refractivity contribution in [2.75, 3.05) is 13.2 Å². The number of sulfonamides is 1. The lowest BCUT2D eigenvalue weighted by Crippen LogP contribution is -2.42. The second-order valence-corrected chi connectivity index (χ2v) is 8.99. The van der Waals surface area contributed by atoms with E-state index in [0.29, 0.717) is 30.0 Å². The molecule has 0 fully saturated rings. The highest BCUT2D eigenvalue weighted by Gasteiger charge is 2.19. The van der Waals surface area contributed by atoms with Crippen molar-refractivity contribution in [2.45, 2.75) is 37.1 Å². The summed E-state index contributed by atoms with van der Waals surface area (Å²) >= 11 is 5.78. The zero-order chi connectivity index (χ0) is 22.9. The number of rotatable bonds is 12. The van der Waals surface area contributed by atoms with E-state index in [0.717, 1.165) is 5.56 Å². The average molecular weight is 469 g/mol. The van der Waals surface area contributed by atoms with E-state index in [9.17, 15) is 18.0 Å². The standard InChI is InChI=1S/C21H25ClN2O6S/c1-2-4-19(21(26)27)24-20(25)14-30-17-6-3-5-15(13-17)11-12-23-31(28,29)18-9-7-16(22)8-10-18/h3,5-10,13,19,23H,2,4,11-12,14H2,1H3,(H,24,25)(H,26,27)/t19-/m0/s1. The molecule has 10 heteroatoms. The molecule has 2 aromatic carbocycles. The summed E-state index contributed by atoms with van der Waals surface area (Å²) in [4.78, 5) is 23.2. The third-order valence-electron chi connectivity index (χ3n) is 4.31. The molecule has 0 saturated carbocycles. The minimum Gasteiger partial charge on any atom is -0.484 e. The molecule has 0 aliphatic carbocycles. The maximum Gasteiger partial charge on any atom is 0.326 e. The Morgan fingerprint density at radius 2 is 1.87 bits per heavy atom. The molecule has 168 valence electrons. The molecule has 2 aromatic rings. The van der Waals surface area contributed by atoms with Crippen molar-refractivity contribution in [1.29, 1.82) is 0 Å². The number of benzene rings is 2. The summed E-state index contributed by atoms with van der Waals surface area (Å²) in [6.45, 7) is 1.69. The molecule has 0 aliphatic rings. The van der Waals surface area contributed by atoms with Gasteiger partial charge >= 0.3 is 5.97 Å². The van der Waals surface area contributed by atoms with Crippen molar-refractivity contribution in [3.63, 3.8) is 0 Å². The van der Waals surface area contributed by atoms with Gasteiger partial charge < -0.3 is 15.2 Å². The molecule has 0 saturated heterocycles. The molecule has 0 aromatic heterocycles. The van der Waals surface area contributed by atoms with Crippen LogP contribution in [0.5, 0.6) is 5.75 Å². The van der Waals surface area contributed by atoms with Gasteiger partial charge in [-0.05, 0) is 54.8 Å². The SMILES string of the molecule is CCC[C@H](NC(=O)COc1cccc(CCNS(=O)(=O)c2ccc(Cl)cc2)c1)C(=O)O. The van der Waals surface area contributed by atoms with Gasteiger partial charge in [-0.25, -0.2) is 17.9 Å². The van der Waals surface area contributed by atoms with Crippen LogP contribution < -0.4 is 14.8 Å². The van der Waals surface area contributed by atoms with Crippen molar-refractivity contribution in [3.8, 4) is 5.75 Å². The lowest BCUT2D eigenvalue weighted by molar-refractivity contribution is -0.142. The van der Waals surface area contributed by atoms with Gasteiger partial charge in [0.25, 0.3) is 5.91 Å². The van der Waals surface area contributed by atoms with Crippen LogP contribution in [0.4, 0.5) is 0 Å². The monoisotopic (exact) mass is 468 g/mol. The Hall–Kier alpha value is -2.62. The molecule has 0 heterocycles. The van der Waals surface area contributed by atoms with E-state index in [1.165, 1.54) is 24.3 Å². The number of carboxylic acid groups (broad SMARTS) is 1. The van der Waals surface area contributed by atoms with Gasteiger partial charge in [-0.1, -0.05) is 37.1 Å². The third-order valence-corrected chi connectivity index (χ3v) is 6.04. The fourth-order valence-corrected chi connectivity index (χ4v) is 3.91. The van der Waals surface area contributed by atoms with E-state index >= 15 is 0 Å². The first kappa shape index (κ1) is 24.6. The summed E-state index contributed by atoms with van der Waals surface area (Å²) in [7, 11) is -3.64. The molecule has 2 rings (SSSR count). The Kier molecular flexibility index (Phi) is 9.29. The third kappa shape index (κ3) is 8.20. The minimum atomic E-state index is -3.64. The van der Waals surface area contributed by atoms with E-state index < -0.39 is 27.9 Å². The highest BCUT2D eigenvalue weighted by atomic mass is 35.5. The van der Waals surface area contributed by atoms with Crippen molar-refractivity contribution in [2.24, 2.45) is 0 Å². The molecule has 0 unspecified atom stereocenters. The molecule has 1 atom stereocenters. The van der Waals surface area contributed by atoms with Gasteiger partial charge in [0.15, 0.2) is 6.61 Å². The molecule has 0 bridgehead atoms. The highest BCUT2D eigenvalue weighted by molar-refractivity contribution is 7.89. The quantitative estimate of drug-likeness (QED) is 0.440. The van der Waals surface area contributed by atoms with E-state index in [-0.39, 0.29) is 18.0 Å². The topological polar surface area (TPSA) is 122 Å². The summed E-state index contributed by atoms with van der Waals surface area (Å²) in [5, 5.41) is 12.0. The van der Waals surface area contributed by atoms with Gasteiger partial charge in [0, 0.05) is 11.6 Å². The molecule has 3 N–H and O–H groups in total. The smallest absolute Gasteiger partial charge is 0.326 e. The van der Waals surface area contributed by atoms with Gasteiger partial charge in [-0.2, -0.15) is 0 Å². The largest absolute Gasteiger partial charge is 0.484 e. The van der Waals surface area contributed by atoms with Crippen molar-refractivity contribution < 1.29 is 27.9 Å². The molecular formula is C21H25ClN2O6S. The van der Waals surface area contributed by atoms with Crippen LogP contribution in [0.3, 0.4) is 0 Å². The first-order chi connectivity index (χ1) is 14.7. The summed E-state index contributed by atoms with van der Waals surface area (Å²) in [5.41, 5.74) is 0.811. The first-order valence-corrected chi connectivity index (χ1v) is 11.6. The number of amides is 1. The molecule has 0 spiro atoms. The predicted octanol–water partition coefficient (Wildman–Crippen LogP) is 2.61. The first-order valence-electron chi connectivity index (χ1n) is 9.70. The second kappa shape index (κ2) is 11.7. The zero-order valence-electron chi connectivity index (χ0n) is 17.0. The number of hydrogen-bond acceptors (Lipinski definition) is 5. The van der Waals surface area contributed by atoms with Gasteiger partial charge in [0.1, 0.15) is 11.8 Å². The lowest BCUT2D eigenvalue weighted by Gasteiger charge is -2.14. The summed E-state index contributed by atoms with van der Waals surface area (Å²) < 4.78 is 32.6. The van der Waals surface area contributed by atoms with Crippen molar-refractivity contribution >= 4 is 33.5 Å². The van der Waals surface area contributed by atoms with Crippen LogP contribution in [0, 0.1) is 0 Å². The number of carbonyl (C=O) groups excluding carboxylic acids is 1. The molecule has 0 aliphatic heterocycles. The number of carbonyl (C=O) groups is 2. The number of hydrogen-bond donors (Lipinski definition) is 3. The fourth-order valence-electron chi connectivity index (χ4n) is 2.75. The minimum absolute atomic E-state index is 0.128. The number of aliphatic carboxylic acids is 1. The summed E-state index contributed by atoms with van der Waals surface area (Å²) in [6, 6.07) is 11.8. The molecule has 31 heavy (non-hydrogen) atoms. The Morgan fingerprint density at radius 1 is 1.16 bits per heavy atom. The maximum atomic E-state index is 12.3. The Morgan fingerprint density at radius 3 is 2.52 bits per heavy atom. The predicted molar refractivity (Wildman–Crippen MR) is 117 cm³/mol. The Bertz CT molecular complexity index is 995. The number of ether oxygens (including phenoxy) is 1. The number of halogens is 1.